The van der Waals surface area contributed by atoms with E-state index in [9.17, 15) is 0 Å². The second-order valence-electron chi connectivity index (χ2n) is 4.44. The minimum atomic E-state index is 0.527. The summed E-state index contributed by atoms with van der Waals surface area (Å²) in [6.07, 6.45) is 7.26. The summed E-state index contributed by atoms with van der Waals surface area (Å²) in [6.45, 7) is 7.08. The molecule has 1 aromatic carbocycles. The number of benzene rings is 1. The van der Waals surface area contributed by atoms with Crippen LogP contribution in [0.4, 0.5) is 0 Å². The van der Waals surface area contributed by atoms with E-state index < -0.39 is 0 Å². The fraction of sp³-hybridized carbons (Fsp3) is 0.333. The normalized spacial score (nSPS) is 20.2. The minimum absolute atomic E-state index is 0.527. The number of hydrogen-bond donors (Lipinski definition) is 0. The molecule has 0 aliphatic carbocycles. The maximum absolute atomic E-state index is 3.73. The predicted octanol–water partition coefficient (Wildman–Crippen LogP) is 3.78. The number of allylic oxidation sites excluding steroid dienone is 2. The van der Waals surface area contributed by atoms with Crippen LogP contribution in [0.25, 0.3) is 6.08 Å². The fourth-order valence-corrected chi connectivity index (χ4v) is 2.34. The average Bonchev–Trinajstić information content (AvgIpc) is 2.56. The first-order chi connectivity index (χ1) is 7.74. The SMILES string of the molecule is C=CC/C=C\c1cccc2c1C(C)N(C)C2. The van der Waals surface area contributed by atoms with E-state index in [1.54, 1.807) is 0 Å². The molecule has 0 amide bonds. The van der Waals surface area contributed by atoms with Gasteiger partial charge in [-0.05, 0) is 37.1 Å². The van der Waals surface area contributed by atoms with E-state index in [-0.39, 0.29) is 0 Å². The van der Waals surface area contributed by atoms with Crippen molar-refractivity contribution >= 4 is 6.08 Å². The Morgan fingerprint density at radius 2 is 2.31 bits per heavy atom. The summed E-state index contributed by atoms with van der Waals surface area (Å²) in [4.78, 5) is 2.38. The quantitative estimate of drug-likeness (QED) is 0.691. The Labute approximate surface area is 98.1 Å². The third kappa shape index (κ3) is 1.96. The van der Waals surface area contributed by atoms with E-state index in [0.717, 1.165) is 13.0 Å². The van der Waals surface area contributed by atoms with Crippen LogP contribution in [0.2, 0.25) is 0 Å². The first-order valence-corrected chi connectivity index (χ1v) is 5.83. The summed E-state index contributed by atoms with van der Waals surface area (Å²) in [6, 6.07) is 7.12. The molecule has 1 heterocycles. The third-order valence-electron chi connectivity index (χ3n) is 3.33. The molecule has 1 aromatic rings. The Morgan fingerprint density at radius 1 is 1.50 bits per heavy atom. The number of rotatable bonds is 3. The molecular weight excluding hydrogens is 194 g/mol. The average molecular weight is 213 g/mol. The molecule has 1 heteroatoms. The fourth-order valence-electron chi connectivity index (χ4n) is 2.34. The van der Waals surface area contributed by atoms with Gasteiger partial charge in [0.2, 0.25) is 0 Å². The maximum Gasteiger partial charge on any atom is 0.0329 e. The van der Waals surface area contributed by atoms with Crippen molar-refractivity contribution in [3.8, 4) is 0 Å². The minimum Gasteiger partial charge on any atom is -0.295 e. The topological polar surface area (TPSA) is 3.24 Å². The standard InChI is InChI=1S/C15H19N/c1-4-5-6-8-13-9-7-10-14-11-16(3)12(2)15(13)14/h4,6-10,12H,1,5,11H2,2-3H3/b8-6-. The molecule has 0 fully saturated rings. The predicted molar refractivity (Wildman–Crippen MR) is 70.2 cm³/mol. The van der Waals surface area contributed by atoms with Crippen LogP contribution < -0.4 is 0 Å². The van der Waals surface area contributed by atoms with Gasteiger partial charge in [-0.2, -0.15) is 0 Å². The van der Waals surface area contributed by atoms with Crippen molar-refractivity contribution in [2.45, 2.75) is 25.9 Å². The molecule has 0 aromatic heterocycles. The third-order valence-corrected chi connectivity index (χ3v) is 3.33. The molecule has 2 rings (SSSR count). The molecule has 0 spiro atoms. The van der Waals surface area contributed by atoms with Crippen LogP contribution in [-0.2, 0) is 6.54 Å². The summed E-state index contributed by atoms with van der Waals surface area (Å²) in [7, 11) is 2.18. The molecule has 1 unspecified atom stereocenters. The van der Waals surface area contributed by atoms with Crippen molar-refractivity contribution in [2.24, 2.45) is 0 Å². The Kier molecular flexibility index (Phi) is 3.25. The van der Waals surface area contributed by atoms with Gasteiger partial charge in [-0.15, -0.1) is 6.58 Å². The second kappa shape index (κ2) is 4.67. The van der Waals surface area contributed by atoms with Crippen molar-refractivity contribution in [3.63, 3.8) is 0 Å². The zero-order valence-electron chi connectivity index (χ0n) is 10.1. The van der Waals surface area contributed by atoms with Crippen molar-refractivity contribution in [1.82, 2.24) is 4.90 Å². The van der Waals surface area contributed by atoms with Gasteiger partial charge < -0.3 is 0 Å². The van der Waals surface area contributed by atoms with Crippen LogP contribution in [0.5, 0.6) is 0 Å². The highest BCUT2D eigenvalue weighted by Crippen LogP contribution is 2.34. The first-order valence-electron chi connectivity index (χ1n) is 5.83. The molecule has 0 radical (unpaired) electrons. The van der Waals surface area contributed by atoms with Gasteiger partial charge in [0.15, 0.2) is 0 Å². The molecule has 84 valence electrons. The maximum atomic E-state index is 3.73. The van der Waals surface area contributed by atoms with Crippen LogP contribution in [-0.4, -0.2) is 11.9 Å². The van der Waals surface area contributed by atoms with Crippen LogP contribution in [0.15, 0.2) is 36.9 Å². The van der Waals surface area contributed by atoms with E-state index in [1.165, 1.54) is 16.7 Å². The summed E-state index contributed by atoms with van der Waals surface area (Å²) in [5.41, 5.74) is 4.32. The Bertz CT molecular complexity index is 417. The number of fused-ring (bicyclic) bond motifs is 1. The highest BCUT2D eigenvalue weighted by Gasteiger charge is 2.24. The van der Waals surface area contributed by atoms with Gasteiger partial charge in [0.25, 0.3) is 0 Å². The molecule has 1 nitrogen and oxygen atoms in total. The Hall–Kier alpha value is -1.34. The lowest BCUT2D eigenvalue weighted by Gasteiger charge is -2.15. The van der Waals surface area contributed by atoms with Crippen molar-refractivity contribution in [2.75, 3.05) is 7.05 Å². The molecule has 16 heavy (non-hydrogen) atoms. The van der Waals surface area contributed by atoms with Crippen molar-refractivity contribution in [1.29, 1.82) is 0 Å². The lowest BCUT2D eigenvalue weighted by atomic mass is 9.98. The smallest absolute Gasteiger partial charge is 0.0329 e. The molecule has 0 saturated heterocycles. The van der Waals surface area contributed by atoms with E-state index >= 15 is 0 Å². The van der Waals surface area contributed by atoms with Gasteiger partial charge in [0, 0.05) is 12.6 Å². The van der Waals surface area contributed by atoms with Crippen LogP contribution in [0.3, 0.4) is 0 Å². The van der Waals surface area contributed by atoms with Crippen LogP contribution in [0.1, 0.15) is 36.1 Å². The summed E-state index contributed by atoms with van der Waals surface area (Å²) >= 11 is 0. The van der Waals surface area contributed by atoms with E-state index in [1.807, 2.05) is 6.08 Å². The summed E-state index contributed by atoms with van der Waals surface area (Å²) in [5.74, 6) is 0. The van der Waals surface area contributed by atoms with Gasteiger partial charge >= 0.3 is 0 Å². The van der Waals surface area contributed by atoms with Crippen LogP contribution >= 0.6 is 0 Å². The van der Waals surface area contributed by atoms with Gasteiger partial charge in [-0.1, -0.05) is 36.4 Å². The monoisotopic (exact) mass is 213 g/mol. The molecule has 1 aliphatic heterocycles. The molecule has 0 bridgehead atoms. The lowest BCUT2D eigenvalue weighted by molar-refractivity contribution is 0.286. The zero-order valence-corrected chi connectivity index (χ0v) is 10.1. The first kappa shape index (κ1) is 11.2. The van der Waals surface area contributed by atoms with Crippen molar-refractivity contribution in [3.05, 3.63) is 53.6 Å². The second-order valence-corrected chi connectivity index (χ2v) is 4.44. The van der Waals surface area contributed by atoms with E-state index in [0.29, 0.717) is 6.04 Å². The highest BCUT2D eigenvalue weighted by atomic mass is 15.1. The van der Waals surface area contributed by atoms with E-state index in [4.69, 9.17) is 0 Å². The molecule has 1 aliphatic rings. The molecule has 0 saturated carbocycles. The van der Waals surface area contributed by atoms with Gasteiger partial charge in [0.05, 0.1) is 0 Å². The molecule has 0 N–H and O–H groups in total. The van der Waals surface area contributed by atoms with Gasteiger partial charge in [-0.25, -0.2) is 0 Å². The van der Waals surface area contributed by atoms with Crippen LogP contribution in [0, 0.1) is 0 Å². The highest BCUT2D eigenvalue weighted by molar-refractivity contribution is 5.58. The Balaban J connectivity index is 2.34. The van der Waals surface area contributed by atoms with Crippen molar-refractivity contribution < 1.29 is 0 Å². The molecular formula is C15H19N. The Morgan fingerprint density at radius 3 is 3.06 bits per heavy atom. The van der Waals surface area contributed by atoms with E-state index in [2.05, 4.69) is 55.8 Å². The van der Waals surface area contributed by atoms with Gasteiger partial charge in [0.1, 0.15) is 0 Å². The lowest BCUT2D eigenvalue weighted by Crippen LogP contribution is -2.13. The largest absolute Gasteiger partial charge is 0.295 e. The summed E-state index contributed by atoms with van der Waals surface area (Å²) < 4.78 is 0. The zero-order chi connectivity index (χ0) is 11.5. The number of hydrogen-bond acceptors (Lipinski definition) is 1. The molecule has 1 atom stereocenters. The summed E-state index contributed by atoms with van der Waals surface area (Å²) in [5, 5.41) is 0. The van der Waals surface area contributed by atoms with Gasteiger partial charge in [-0.3, -0.25) is 4.90 Å². The number of nitrogens with zero attached hydrogens (tertiary/aromatic N) is 1.